The summed E-state index contributed by atoms with van der Waals surface area (Å²) in [5.41, 5.74) is 2.19. The van der Waals surface area contributed by atoms with Crippen molar-refractivity contribution in [2.75, 3.05) is 0 Å². The van der Waals surface area contributed by atoms with Gasteiger partial charge in [-0.2, -0.15) is 12.8 Å². The minimum atomic E-state index is -0.103. The number of fused-ring (bicyclic) bond motifs is 2. The molecule has 0 aliphatic heterocycles. The molecule has 3 fully saturated rings. The molecule has 0 spiro atoms. The smallest absolute Gasteiger partial charge is 0.465 e. The van der Waals surface area contributed by atoms with Gasteiger partial charge in [0, 0.05) is 6.42 Å². The van der Waals surface area contributed by atoms with Crippen molar-refractivity contribution in [2.45, 2.75) is 137 Å². The van der Waals surface area contributed by atoms with Gasteiger partial charge in [-0.15, -0.1) is 0 Å². The number of hydrogen-bond donors (Lipinski definition) is 0. The van der Waals surface area contributed by atoms with E-state index in [4.69, 9.17) is 9.47 Å². The normalized spacial score (nSPS) is 26.0. The molecular formula is C31H51KO2. The van der Waals surface area contributed by atoms with Crippen LogP contribution in [-0.4, -0.2) is 12.4 Å². The zero-order valence-corrected chi connectivity index (χ0v) is 26.5. The van der Waals surface area contributed by atoms with Crippen LogP contribution in [0, 0.1) is 23.2 Å². The molecule has 3 unspecified atom stereocenters. The molecule has 0 saturated heterocycles. The van der Waals surface area contributed by atoms with Crippen LogP contribution in [-0.2, 0) is 11.2 Å². The molecule has 1 aromatic rings. The first-order valence-electron chi connectivity index (χ1n) is 14.1. The van der Waals surface area contributed by atoms with E-state index >= 15 is 0 Å². The maximum atomic E-state index is 6.67. The molecule has 2 bridgehead atoms. The van der Waals surface area contributed by atoms with Gasteiger partial charge in [-0.05, 0) is 61.6 Å². The number of benzene rings is 1. The molecule has 3 saturated carbocycles. The topological polar surface area (TPSA) is 18.5 Å². The average molecular weight is 495 g/mol. The molecule has 34 heavy (non-hydrogen) atoms. The van der Waals surface area contributed by atoms with Crippen molar-refractivity contribution in [3.05, 3.63) is 36.2 Å². The van der Waals surface area contributed by atoms with Crippen molar-refractivity contribution in [1.82, 2.24) is 0 Å². The Bertz CT molecular complexity index is 662. The largest absolute Gasteiger partial charge is 1.00 e. The second kappa shape index (κ2) is 15.1. The fourth-order valence-electron chi connectivity index (χ4n) is 6.16. The molecule has 4 rings (SSSR count). The first kappa shape index (κ1) is 30.8. The number of ether oxygens (including phenoxy) is 2. The van der Waals surface area contributed by atoms with Crippen LogP contribution in [0.2, 0.25) is 0 Å². The van der Waals surface area contributed by atoms with Crippen molar-refractivity contribution in [3.8, 4) is 5.75 Å². The predicted molar refractivity (Wildman–Crippen MR) is 140 cm³/mol. The van der Waals surface area contributed by atoms with Crippen LogP contribution >= 0.6 is 0 Å². The number of rotatable bonds is 8. The summed E-state index contributed by atoms with van der Waals surface area (Å²) in [6, 6.07) is 8.84. The van der Waals surface area contributed by atoms with Gasteiger partial charge in [0.05, 0.1) is 6.10 Å². The summed E-state index contributed by atoms with van der Waals surface area (Å²) in [5.74, 6) is 1.88. The summed E-state index contributed by atoms with van der Waals surface area (Å²) < 4.78 is 13.2. The molecule has 0 heterocycles. The summed E-state index contributed by atoms with van der Waals surface area (Å²) >= 11 is 0. The van der Waals surface area contributed by atoms with Gasteiger partial charge < -0.3 is 15.9 Å². The Morgan fingerprint density at radius 2 is 1.71 bits per heavy atom. The predicted octanol–water partition coefficient (Wildman–Crippen LogP) is 6.31. The number of aryl methyl sites for hydroxylation is 1. The van der Waals surface area contributed by atoms with Gasteiger partial charge in [-0.1, -0.05) is 90.2 Å². The summed E-state index contributed by atoms with van der Waals surface area (Å²) in [7, 11) is 0. The molecule has 0 radical (unpaired) electrons. The summed E-state index contributed by atoms with van der Waals surface area (Å²) in [5, 5.41) is 0. The van der Waals surface area contributed by atoms with Gasteiger partial charge in [-0.25, -0.2) is 0 Å². The molecular weight excluding hydrogens is 443 g/mol. The van der Waals surface area contributed by atoms with E-state index < -0.39 is 0 Å². The maximum absolute atomic E-state index is 6.67. The Kier molecular flexibility index (Phi) is 13.7. The van der Waals surface area contributed by atoms with Gasteiger partial charge in [0.2, 0.25) is 6.29 Å². The Morgan fingerprint density at radius 3 is 2.38 bits per heavy atom. The van der Waals surface area contributed by atoms with Crippen molar-refractivity contribution < 1.29 is 60.9 Å². The minimum Gasteiger partial charge on any atom is -0.465 e. The monoisotopic (exact) mass is 494 g/mol. The van der Waals surface area contributed by atoms with Crippen LogP contribution in [0.15, 0.2) is 24.3 Å². The average Bonchev–Trinajstić information content (AvgIpc) is 2.80. The molecule has 188 valence electrons. The summed E-state index contributed by atoms with van der Waals surface area (Å²) in [6.07, 6.45) is 20.7. The van der Waals surface area contributed by atoms with Crippen LogP contribution in [0.1, 0.15) is 124 Å². The van der Waals surface area contributed by atoms with Crippen LogP contribution in [0.25, 0.3) is 0 Å². The van der Waals surface area contributed by atoms with Crippen molar-refractivity contribution in [1.29, 1.82) is 0 Å². The molecule has 3 aliphatic carbocycles. The molecule has 0 aromatic heterocycles. The van der Waals surface area contributed by atoms with E-state index in [0.29, 0.717) is 16.9 Å². The zero-order valence-electron chi connectivity index (χ0n) is 23.3. The molecule has 2 nitrogen and oxygen atoms in total. The fraction of sp³-hybridized carbons (Fsp3) is 0.774. The Morgan fingerprint density at radius 1 is 1.00 bits per heavy atom. The number of hydrogen-bond acceptors (Lipinski definition) is 2. The molecule has 3 heteroatoms. The third-order valence-electron chi connectivity index (χ3n) is 7.97. The first-order chi connectivity index (χ1) is 15.9. The SMILES string of the molecule is CC.CC(C)(C)CCc1ccc(OC(CC23C[CH-]CC(CCC2)C3)OC2CCCCC2)cc1.[K+]. The molecule has 1 aromatic carbocycles. The summed E-state index contributed by atoms with van der Waals surface area (Å²) in [4.78, 5) is 0. The zero-order chi connectivity index (χ0) is 23.7. The van der Waals surface area contributed by atoms with E-state index in [1.54, 1.807) is 0 Å². The maximum Gasteiger partial charge on any atom is 1.00 e. The molecule has 0 N–H and O–H groups in total. The van der Waals surface area contributed by atoms with Crippen molar-refractivity contribution in [3.63, 3.8) is 0 Å². The van der Waals surface area contributed by atoms with Gasteiger partial charge in [0.25, 0.3) is 0 Å². The second-order valence-electron chi connectivity index (χ2n) is 12.0. The Labute approximate surface area is 254 Å². The molecule has 3 atom stereocenters. The Hall–Kier alpha value is 0.616. The Balaban J connectivity index is 0.00000133. The second-order valence-corrected chi connectivity index (χ2v) is 12.0. The standard InChI is InChI=1S/C29H45O2.C2H6.K/c1-28(2,3)20-17-23-13-15-26(16-14-23)31-27(30-25-11-5-4-6-12-25)22-29-18-7-9-24(21-29)10-8-19-29;1-2;/h7,13-16,24-25,27H,4-6,8-12,17-22H2,1-3H3;1-2H3;/q-1;;+1. The molecule has 0 amide bonds. The van der Waals surface area contributed by atoms with Gasteiger partial charge in [0.15, 0.2) is 0 Å². The van der Waals surface area contributed by atoms with Gasteiger partial charge >= 0.3 is 51.4 Å². The quantitative estimate of drug-likeness (QED) is 0.239. The van der Waals surface area contributed by atoms with E-state index in [1.807, 2.05) is 13.8 Å². The third-order valence-corrected chi connectivity index (χ3v) is 7.97. The van der Waals surface area contributed by atoms with Crippen LogP contribution in [0.5, 0.6) is 5.75 Å². The third kappa shape index (κ3) is 10.2. The van der Waals surface area contributed by atoms with Crippen molar-refractivity contribution >= 4 is 0 Å². The van der Waals surface area contributed by atoms with Crippen molar-refractivity contribution in [2.24, 2.45) is 16.7 Å². The van der Waals surface area contributed by atoms with E-state index in [1.165, 1.54) is 82.6 Å². The fourth-order valence-corrected chi connectivity index (χ4v) is 6.16. The van der Waals surface area contributed by atoms with Crippen LogP contribution < -0.4 is 56.1 Å². The van der Waals surface area contributed by atoms with E-state index in [2.05, 4.69) is 51.5 Å². The van der Waals surface area contributed by atoms with Gasteiger partial charge in [-0.3, -0.25) is 0 Å². The van der Waals surface area contributed by atoms with E-state index in [0.717, 1.165) is 24.5 Å². The van der Waals surface area contributed by atoms with Crippen LogP contribution in [0.4, 0.5) is 0 Å². The van der Waals surface area contributed by atoms with Crippen LogP contribution in [0.3, 0.4) is 0 Å². The first-order valence-corrected chi connectivity index (χ1v) is 14.1. The van der Waals surface area contributed by atoms with Gasteiger partial charge in [0.1, 0.15) is 5.75 Å². The summed E-state index contributed by atoms with van der Waals surface area (Å²) in [6.45, 7) is 10.9. The molecule has 3 aliphatic rings. The van der Waals surface area contributed by atoms with E-state index in [-0.39, 0.29) is 57.7 Å². The van der Waals surface area contributed by atoms with E-state index in [9.17, 15) is 0 Å². The minimum absolute atomic E-state index is 0.